The average molecular weight is 213 g/mol. The van der Waals surface area contributed by atoms with E-state index in [4.69, 9.17) is 19.3 Å². The van der Waals surface area contributed by atoms with Crippen molar-refractivity contribution in [2.75, 3.05) is 27.1 Å². The Bertz CT molecular complexity index is 263. The Hall–Kier alpha value is -1.17. The zero-order valence-corrected chi connectivity index (χ0v) is 8.68. The molecule has 0 atom stereocenters. The Kier molecular flexibility index (Phi) is 5.69. The molecule has 15 heavy (non-hydrogen) atoms. The van der Waals surface area contributed by atoms with Crippen molar-refractivity contribution in [3.05, 3.63) is 24.0 Å². The molecule has 0 saturated carbocycles. The molecule has 0 unspecified atom stereocenters. The average Bonchev–Trinajstić information content (AvgIpc) is 2.30. The van der Waals surface area contributed by atoms with Crippen LogP contribution in [-0.4, -0.2) is 37.2 Å². The SMILES string of the molecule is COCCOCOc1ccc(CO)nc1. The highest BCUT2D eigenvalue weighted by Gasteiger charge is 1.95. The molecular weight excluding hydrogens is 198 g/mol. The molecule has 1 aromatic heterocycles. The Morgan fingerprint density at radius 2 is 2.20 bits per heavy atom. The first-order chi connectivity index (χ1) is 7.36. The van der Waals surface area contributed by atoms with E-state index in [1.165, 1.54) is 0 Å². The van der Waals surface area contributed by atoms with Crippen molar-refractivity contribution < 1.29 is 19.3 Å². The Morgan fingerprint density at radius 1 is 1.33 bits per heavy atom. The summed E-state index contributed by atoms with van der Waals surface area (Å²) in [6.07, 6.45) is 1.55. The van der Waals surface area contributed by atoms with Crippen LogP contribution in [-0.2, 0) is 16.1 Å². The zero-order chi connectivity index (χ0) is 10.9. The first-order valence-corrected chi connectivity index (χ1v) is 4.62. The van der Waals surface area contributed by atoms with Gasteiger partial charge in [-0.15, -0.1) is 0 Å². The van der Waals surface area contributed by atoms with Crippen LogP contribution >= 0.6 is 0 Å². The molecule has 0 aliphatic rings. The summed E-state index contributed by atoms with van der Waals surface area (Å²) >= 11 is 0. The Balaban J connectivity index is 2.20. The van der Waals surface area contributed by atoms with Gasteiger partial charge in [0.15, 0.2) is 6.79 Å². The molecule has 0 radical (unpaired) electrons. The van der Waals surface area contributed by atoms with Crippen LogP contribution in [0.15, 0.2) is 18.3 Å². The molecule has 1 rings (SSSR count). The molecule has 5 heteroatoms. The highest BCUT2D eigenvalue weighted by Crippen LogP contribution is 2.08. The van der Waals surface area contributed by atoms with E-state index in [-0.39, 0.29) is 13.4 Å². The van der Waals surface area contributed by atoms with Gasteiger partial charge >= 0.3 is 0 Å². The smallest absolute Gasteiger partial charge is 0.189 e. The fourth-order valence-corrected chi connectivity index (χ4v) is 0.901. The van der Waals surface area contributed by atoms with E-state index >= 15 is 0 Å². The molecule has 1 aromatic rings. The maximum Gasteiger partial charge on any atom is 0.189 e. The van der Waals surface area contributed by atoms with Crippen LogP contribution in [0.25, 0.3) is 0 Å². The maximum atomic E-state index is 8.76. The standard InChI is InChI=1S/C10H15NO4/c1-13-4-5-14-8-15-10-3-2-9(7-12)11-6-10/h2-3,6,12H,4-5,7-8H2,1H3. The van der Waals surface area contributed by atoms with Crippen molar-refractivity contribution in [3.63, 3.8) is 0 Å². The van der Waals surface area contributed by atoms with Crippen molar-refractivity contribution in [1.29, 1.82) is 0 Å². The summed E-state index contributed by atoms with van der Waals surface area (Å²) in [6, 6.07) is 3.43. The largest absolute Gasteiger partial charge is 0.466 e. The predicted molar refractivity (Wildman–Crippen MR) is 53.5 cm³/mol. The third kappa shape index (κ3) is 4.73. The second-order valence-corrected chi connectivity index (χ2v) is 2.81. The van der Waals surface area contributed by atoms with Crippen LogP contribution in [0.3, 0.4) is 0 Å². The molecule has 0 aliphatic heterocycles. The number of aromatic nitrogens is 1. The van der Waals surface area contributed by atoms with Crippen LogP contribution in [0.5, 0.6) is 5.75 Å². The van der Waals surface area contributed by atoms with Gasteiger partial charge in [0, 0.05) is 7.11 Å². The van der Waals surface area contributed by atoms with Gasteiger partial charge in [-0.2, -0.15) is 0 Å². The summed E-state index contributed by atoms with van der Waals surface area (Å²) in [7, 11) is 1.61. The van der Waals surface area contributed by atoms with Crippen LogP contribution in [0.1, 0.15) is 5.69 Å². The zero-order valence-electron chi connectivity index (χ0n) is 8.68. The fraction of sp³-hybridized carbons (Fsp3) is 0.500. The van der Waals surface area contributed by atoms with E-state index in [0.29, 0.717) is 24.7 Å². The van der Waals surface area contributed by atoms with Gasteiger partial charge in [0.25, 0.3) is 0 Å². The molecule has 1 N–H and O–H groups in total. The van der Waals surface area contributed by atoms with Crippen molar-refractivity contribution in [2.24, 2.45) is 0 Å². The monoisotopic (exact) mass is 213 g/mol. The molecule has 0 aliphatic carbocycles. The van der Waals surface area contributed by atoms with Crippen molar-refractivity contribution in [1.82, 2.24) is 4.98 Å². The van der Waals surface area contributed by atoms with Crippen LogP contribution < -0.4 is 4.74 Å². The van der Waals surface area contributed by atoms with E-state index in [0.717, 1.165) is 0 Å². The second-order valence-electron chi connectivity index (χ2n) is 2.81. The highest BCUT2D eigenvalue weighted by atomic mass is 16.7. The van der Waals surface area contributed by atoms with Crippen molar-refractivity contribution >= 4 is 0 Å². The normalized spacial score (nSPS) is 10.3. The lowest BCUT2D eigenvalue weighted by Crippen LogP contribution is -2.07. The maximum absolute atomic E-state index is 8.76. The molecule has 0 saturated heterocycles. The Morgan fingerprint density at radius 3 is 2.80 bits per heavy atom. The minimum absolute atomic E-state index is 0.0649. The lowest BCUT2D eigenvalue weighted by molar-refractivity contribution is -0.00864. The number of methoxy groups -OCH3 is 1. The van der Waals surface area contributed by atoms with Gasteiger partial charge in [0.2, 0.25) is 0 Å². The summed E-state index contributed by atoms with van der Waals surface area (Å²) in [5, 5.41) is 8.76. The van der Waals surface area contributed by atoms with E-state index in [1.807, 2.05) is 0 Å². The van der Waals surface area contributed by atoms with Crippen molar-refractivity contribution in [3.8, 4) is 5.75 Å². The highest BCUT2D eigenvalue weighted by molar-refractivity contribution is 5.19. The van der Waals surface area contributed by atoms with Gasteiger partial charge in [-0.3, -0.25) is 4.98 Å². The molecule has 0 bridgehead atoms. The topological polar surface area (TPSA) is 60.8 Å². The first-order valence-electron chi connectivity index (χ1n) is 4.62. The minimum atomic E-state index is -0.0649. The number of hydrogen-bond donors (Lipinski definition) is 1. The molecule has 0 fully saturated rings. The van der Waals surface area contributed by atoms with Gasteiger partial charge in [-0.05, 0) is 12.1 Å². The number of rotatable bonds is 7. The van der Waals surface area contributed by atoms with Gasteiger partial charge in [0.05, 0.1) is 31.7 Å². The molecule has 0 spiro atoms. The van der Waals surface area contributed by atoms with E-state index in [9.17, 15) is 0 Å². The van der Waals surface area contributed by atoms with E-state index in [2.05, 4.69) is 4.98 Å². The van der Waals surface area contributed by atoms with Gasteiger partial charge in [-0.1, -0.05) is 0 Å². The first kappa shape index (κ1) is 11.9. The quantitative estimate of drug-likeness (QED) is 0.530. The molecule has 5 nitrogen and oxygen atoms in total. The van der Waals surface area contributed by atoms with Gasteiger partial charge < -0.3 is 19.3 Å². The number of hydrogen-bond acceptors (Lipinski definition) is 5. The number of aliphatic hydroxyl groups is 1. The minimum Gasteiger partial charge on any atom is -0.466 e. The molecule has 0 aromatic carbocycles. The third-order valence-electron chi connectivity index (χ3n) is 1.70. The number of pyridine rings is 1. The summed E-state index contributed by atoms with van der Waals surface area (Å²) in [5.74, 6) is 0.615. The Labute approximate surface area is 88.6 Å². The van der Waals surface area contributed by atoms with Crippen LogP contribution in [0.4, 0.5) is 0 Å². The second kappa shape index (κ2) is 7.17. The lowest BCUT2D eigenvalue weighted by Gasteiger charge is -2.06. The fourth-order valence-electron chi connectivity index (χ4n) is 0.901. The predicted octanol–water partition coefficient (Wildman–Crippen LogP) is 0.573. The van der Waals surface area contributed by atoms with Crippen LogP contribution in [0, 0.1) is 0 Å². The van der Waals surface area contributed by atoms with Crippen LogP contribution in [0.2, 0.25) is 0 Å². The summed E-state index contributed by atoms with van der Waals surface area (Å²) in [5.41, 5.74) is 0.614. The number of aliphatic hydroxyl groups excluding tert-OH is 1. The van der Waals surface area contributed by atoms with E-state index < -0.39 is 0 Å². The lowest BCUT2D eigenvalue weighted by atomic mass is 10.3. The summed E-state index contributed by atoms with van der Waals surface area (Å²) in [4.78, 5) is 3.96. The molecular formula is C10H15NO4. The van der Waals surface area contributed by atoms with Crippen molar-refractivity contribution in [2.45, 2.75) is 6.61 Å². The van der Waals surface area contributed by atoms with Gasteiger partial charge in [0.1, 0.15) is 5.75 Å². The third-order valence-corrected chi connectivity index (χ3v) is 1.70. The molecule has 84 valence electrons. The molecule has 0 amide bonds. The summed E-state index contributed by atoms with van der Waals surface area (Å²) < 4.78 is 15.1. The summed E-state index contributed by atoms with van der Waals surface area (Å²) in [6.45, 7) is 1.15. The number of nitrogens with zero attached hydrogens (tertiary/aromatic N) is 1. The van der Waals surface area contributed by atoms with Gasteiger partial charge in [-0.25, -0.2) is 0 Å². The van der Waals surface area contributed by atoms with E-state index in [1.54, 1.807) is 25.4 Å². The molecule has 1 heterocycles. The number of ether oxygens (including phenoxy) is 3.